The first-order valence-corrected chi connectivity index (χ1v) is 7.26. The molecule has 1 saturated carbocycles. The Kier molecular flexibility index (Phi) is 4.25. The molecule has 1 aromatic carbocycles. The van der Waals surface area contributed by atoms with Gasteiger partial charge >= 0.3 is 0 Å². The minimum absolute atomic E-state index is 0.0462. The topological polar surface area (TPSA) is 56.4 Å². The summed E-state index contributed by atoms with van der Waals surface area (Å²) >= 11 is 6.33. The van der Waals surface area contributed by atoms with Gasteiger partial charge in [0.05, 0.1) is 10.7 Å². The van der Waals surface area contributed by atoms with Crippen molar-refractivity contribution in [3.05, 3.63) is 28.8 Å². The Morgan fingerprint density at radius 1 is 1.35 bits per heavy atom. The monoisotopic (exact) mass is 294 g/mol. The number of benzene rings is 1. The number of nitrogens with two attached hydrogens (primary N) is 1. The summed E-state index contributed by atoms with van der Waals surface area (Å²) in [5.74, 6) is 0.0462. The zero-order valence-electron chi connectivity index (χ0n) is 12.4. The zero-order valence-corrected chi connectivity index (χ0v) is 13.2. The van der Waals surface area contributed by atoms with Crippen LogP contribution in [0.1, 0.15) is 24.8 Å². The van der Waals surface area contributed by atoms with Crippen LogP contribution in [0.3, 0.4) is 0 Å². The fourth-order valence-corrected chi connectivity index (χ4v) is 3.17. The van der Waals surface area contributed by atoms with E-state index in [-0.39, 0.29) is 11.4 Å². The van der Waals surface area contributed by atoms with Gasteiger partial charge in [-0.3, -0.25) is 5.41 Å². The Balaban J connectivity index is 2.17. The third-order valence-electron chi connectivity index (χ3n) is 4.43. The fourth-order valence-electron chi connectivity index (χ4n) is 2.84. The van der Waals surface area contributed by atoms with Gasteiger partial charge in [0.25, 0.3) is 0 Å². The van der Waals surface area contributed by atoms with Crippen molar-refractivity contribution in [1.29, 1.82) is 5.41 Å². The number of halogens is 1. The van der Waals surface area contributed by atoms with E-state index >= 15 is 0 Å². The number of hydrogen-bond acceptors (Lipinski definition) is 3. The first kappa shape index (κ1) is 15.1. The van der Waals surface area contributed by atoms with Crippen LogP contribution in [0.25, 0.3) is 0 Å². The van der Waals surface area contributed by atoms with E-state index in [0.717, 1.165) is 12.2 Å². The molecule has 5 heteroatoms. The number of hydrogen-bond donors (Lipinski definition) is 2. The molecule has 2 rings (SSSR count). The van der Waals surface area contributed by atoms with E-state index in [1.54, 1.807) is 6.07 Å². The number of nitrogens with zero attached hydrogens (tertiary/aromatic N) is 2. The van der Waals surface area contributed by atoms with Crippen LogP contribution >= 0.6 is 11.6 Å². The van der Waals surface area contributed by atoms with Crippen LogP contribution in [0, 0.1) is 5.41 Å². The largest absolute Gasteiger partial charge is 0.384 e. The smallest absolute Gasteiger partial charge is 0.122 e. The minimum Gasteiger partial charge on any atom is -0.384 e. The van der Waals surface area contributed by atoms with E-state index in [2.05, 4.69) is 30.9 Å². The number of nitrogen functional groups attached to an aromatic ring is 1. The van der Waals surface area contributed by atoms with E-state index in [1.165, 1.54) is 19.3 Å². The summed E-state index contributed by atoms with van der Waals surface area (Å²) in [5.41, 5.74) is 7.40. The Hall–Kier alpha value is -1.26. The van der Waals surface area contributed by atoms with Crippen molar-refractivity contribution in [3.8, 4) is 0 Å². The molecule has 4 nitrogen and oxygen atoms in total. The lowest BCUT2D eigenvalue weighted by molar-refractivity contribution is 0.0683. The van der Waals surface area contributed by atoms with Gasteiger partial charge in [-0.25, -0.2) is 0 Å². The van der Waals surface area contributed by atoms with Crippen molar-refractivity contribution < 1.29 is 0 Å². The molecule has 0 atom stereocenters. The van der Waals surface area contributed by atoms with Gasteiger partial charge in [0.1, 0.15) is 5.84 Å². The lowest BCUT2D eigenvalue weighted by Gasteiger charge is -2.49. The molecule has 1 aromatic rings. The second-order valence-corrected chi connectivity index (χ2v) is 6.32. The molecule has 1 aliphatic rings. The quantitative estimate of drug-likeness (QED) is 0.648. The maximum atomic E-state index is 7.45. The van der Waals surface area contributed by atoms with Crippen molar-refractivity contribution in [2.24, 2.45) is 5.73 Å². The molecule has 0 spiro atoms. The summed E-state index contributed by atoms with van der Waals surface area (Å²) in [6, 6.07) is 5.56. The van der Waals surface area contributed by atoms with Crippen LogP contribution in [0.15, 0.2) is 18.2 Å². The SMILES string of the molecule is CN(CC1(N(C)C)CCC1)c1ccc(C(=N)N)cc1Cl. The van der Waals surface area contributed by atoms with Crippen LogP contribution in [-0.4, -0.2) is 44.0 Å². The Bertz CT molecular complexity index is 509. The van der Waals surface area contributed by atoms with Gasteiger partial charge in [-0.15, -0.1) is 0 Å². The van der Waals surface area contributed by atoms with Gasteiger partial charge in [-0.1, -0.05) is 11.6 Å². The van der Waals surface area contributed by atoms with Gasteiger partial charge in [-0.2, -0.15) is 0 Å². The van der Waals surface area contributed by atoms with Crippen molar-refractivity contribution in [1.82, 2.24) is 4.90 Å². The van der Waals surface area contributed by atoms with Crippen molar-refractivity contribution in [3.63, 3.8) is 0 Å². The van der Waals surface area contributed by atoms with Gasteiger partial charge < -0.3 is 15.5 Å². The number of nitrogens with one attached hydrogen (secondary N) is 1. The summed E-state index contributed by atoms with van der Waals surface area (Å²) in [4.78, 5) is 4.52. The highest BCUT2D eigenvalue weighted by atomic mass is 35.5. The first-order chi connectivity index (χ1) is 9.35. The number of likely N-dealkylation sites (N-methyl/N-ethyl adjacent to an activating group) is 2. The predicted molar refractivity (Wildman–Crippen MR) is 86.0 cm³/mol. The third-order valence-corrected chi connectivity index (χ3v) is 4.74. The van der Waals surface area contributed by atoms with E-state index in [0.29, 0.717) is 10.6 Å². The van der Waals surface area contributed by atoms with Gasteiger partial charge in [0, 0.05) is 24.7 Å². The van der Waals surface area contributed by atoms with Crippen LogP contribution in [0.2, 0.25) is 5.02 Å². The Morgan fingerprint density at radius 2 is 2.00 bits per heavy atom. The van der Waals surface area contributed by atoms with E-state index in [4.69, 9.17) is 22.7 Å². The van der Waals surface area contributed by atoms with E-state index in [9.17, 15) is 0 Å². The lowest BCUT2D eigenvalue weighted by atomic mass is 9.75. The maximum absolute atomic E-state index is 7.45. The summed E-state index contributed by atoms with van der Waals surface area (Å²) in [6.07, 6.45) is 3.75. The first-order valence-electron chi connectivity index (χ1n) is 6.88. The van der Waals surface area contributed by atoms with Gasteiger partial charge in [-0.05, 0) is 51.6 Å². The summed E-state index contributed by atoms with van der Waals surface area (Å²) in [5, 5.41) is 8.09. The molecule has 20 heavy (non-hydrogen) atoms. The number of amidine groups is 1. The molecule has 0 unspecified atom stereocenters. The van der Waals surface area contributed by atoms with Crippen LogP contribution in [-0.2, 0) is 0 Å². The fraction of sp³-hybridized carbons (Fsp3) is 0.533. The highest BCUT2D eigenvalue weighted by molar-refractivity contribution is 6.33. The maximum Gasteiger partial charge on any atom is 0.122 e. The Labute approximate surface area is 126 Å². The molecule has 0 heterocycles. The third kappa shape index (κ3) is 2.76. The van der Waals surface area contributed by atoms with Crippen molar-refractivity contribution in [2.45, 2.75) is 24.8 Å². The Morgan fingerprint density at radius 3 is 2.40 bits per heavy atom. The molecule has 0 aromatic heterocycles. The average molecular weight is 295 g/mol. The molecule has 0 saturated heterocycles. The molecular weight excluding hydrogens is 272 g/mol. The van der Waals surface area contributed by atoms with Crippen LogP contribution < -0.4 is 10.6 Å². The number of anilines is 1. The standard InChI is InChI=1S/C15H23ClN4/c1-19(2)15(7-4-8-15)10-20(3)13-6-5-11(14(17)18)9-12(13)16/h5-6,9H,4,7-8,10H2,1-3H3,(H3,17,18). The summed E-state index contributed by atoms with van der Waals surface area (Å²) in [7, 11) is 6.36. The molecular formula is C15H23ClN4. The molecule has 0 aliphatic heterocycles. The molecule has 110 valence electrons. The van der Waals surface area contributed by atoms with Crippen molar-refractivity contribution >= 4 is 23.1 Å². The summed E-state index contributed by atoms with van der Waals surface area (Å²) in [6.45, 7) is 0.957. The molecule has 0 radical (unpaired) electrons. The normalized spacial score (nSPS) is 16.9. The highest BCUT2D eigenvalue weighted by Gasteiger charge is 2.40. The highest BCUT2D eigenvalue weighted by Crippen LogP contribution is 2.38. The lowest BCUT2D eigenvalue weighted by Crippen LogP contribution is -2.56. The molecule has 0 amide bonds. The molecule has 1 aliphatic carbocycles. The predicted octanol–water partition coefficient (Wildman–Crippen LogP) is 2.54. The number of rotatable bonds is 5. The molecule has 3 N–H and O–H groups in total. The van der Waals surface area contributed by atoms with E-state index in [1.807, 2.05) is 12.1 Å². The van der Waals surface area contributed by atoms with Crippen LogP contribution in [0.4, 0.5) is 5.69 Å². The second-order valence-electron chi connectivity index (χ2n) is 5.91. The van der Waals surface area contributed by atoms with Crippen LogP contribution in [0.5, 0.6) is 0 Å². The van der Waals surface area contributed by atoms with Crippen molar-refractivity contribution in [2.75, 3.05) is 32.6 Å². The summed E-state index contributed by atoms with van der Waals surface area (Å²) < 4.78 is 0. The van der Waals surface area contributed by atoms with E-state index < -0.39 is 0 Å². The van der Waals surface area contributed by atoms with Gasteiger partial charge in [0.15, 0.2) is 0 Å². The molecule has 0 bridgehead atoms. The average Bonchev–Trinajstić information content (AvgIpc) is 2.32. The second kappa shape index (κ2) is 5.62. The zero-order chi connectivity index (χ0) is 14.9. The minimum atomic E-state index is 0.0462. The van der Waals surface area contributed by atoms with Gasteiger partial charge in [0.2, 0.25) is 0 Å². The molecule has 1 fully saturated rings.